The summed E-state index contributed by atoms with van der Waals surface area (Å²) in [6, 6.07) is 10.5. The van der Waals surface area contributed by atoms with E-state index in [4.69, 9.17) is 0 Å². The lowest BCUT2D eigenvalue weighted by molar-refractivity contribution is 0.0697. The number of nitrogens with one attached hydrogen (secondary N) is 1. The number of carboxylic acids is 1. The number of pyridine rings is 1. The van der Waals surface area contributed by atoms with Crippen molar-refractivity contribution in [2.24, 2.45) is 11.8 Å². The van der Waals surface area contributed by atoms with E-state index in [9.17, 15) is 14.7 Å². The molecular formula is C25H28N4O3. The summed E-state index contributed by atoms with van der Waals surface area (Å²) >= 11 is 0. The summed E-state index contributed by atoms with van der Waals surface area (Å²) in [4.78, 5) is 33.2. The van der Waals surface area contributed by atoms with Crippen molar-refractivity contribution in [3.8, 4) is 11.1 Å². The summed E-state index contributed by atoms with van der Waals surface area (Å²) in [6.45, 7) is 2.19. The number of carbonyl (C=O) groups excluding carboxylic acids is 1. The first-order valence-electron chi connectivity index (χ1n) is 11.3. The number of Topliss-reactive ketones (excluding diaryl/α,β-unsaturated/α-hetero) is 1. The van der Waals surface area contributed by atoms with Gasteiger partial charge in [-0.25, -0.2) is 9.78 Å². The molecule has 4 rings (SSSR count). The Morgan fingerprint density at radius 1 is 1.16 bits per heavy atom. The maximum atomic E-state index is 12.9. The van der Waals surface area contributed by atoms with Crippen LogP contribution in [0.15, 0.2) is 42.6 Å². The highest BCUT2D eigenvalue weighted by Gasteiger charge is 2.29. The first kappa shape index (κ1) is 21.9. The molecule has 2 heterocycles. The molecule has 2 atom stereocenters. The number of hydrogen-bond donors (Lipinski definition) is 2. The number of rotatable bonds is 8. The first-order valence-corrected chi connectivity index (χ1v) is 11.3. The third-order valence-electron chi connectivity index (χ3n) is 6.24. The molecular weight excluding hydrogens is 404 g/mol. The summed E-state index contributed by atoms with van der Waals surface area (Å²) in [7, 11) is 0. The zero-order valence-corrected chi connectivity index (χ0v) is 18.3. The highest BCUT2D eigenvalue weighted by Crippen LogP contribution is 2.33. The standard InChI is InChI=1S/C25H28N4O3/c1-2-6-16-7-5-8-17(13-16)23(30)24-27-22(28-29-24)14-19-12-11-18(15-26-19)20-9-3-4-10-21(20)25(31)32/h3-4,9-12,15-17H,2,5-8,13-14H2,1H3,(H,31,32)(H,27,28,29). The quantitative estimate of drug-likeness (QED) is 0.488. The van der Waals surface area contributed by atoms with E-state index >= 15 is 0 Å². The Balaban J connectivity index is 1.43. The average molecular weight is 433 g/mol. The molecule has 3 aromatic rings. The highest BCUT2D eigenvalue weighted by atomic mass is 16.4. The molecule has 0 aliphatic heterocycles. The van der Waals surface area contributed by atoms with Crippen molar-refractivity contribution in [3.63, 3.8) is 0 Å². The molecule has 1 aromatic carbocycles. The molecule has 1 fully saturated rings. The van der Waals surface area contributed by atoms with Gasteiger partial charge in [0.15, 0.2) is 0 Å². The fourth-order valence-electron chi connectivity index (χ4n) is 4.65. The predicted molar refractivity (Wildman–Crippen MR) is 121 cm³/mol. The van der Waals surface area contributed by atoms with Gasteiger partial charge in [0.25, 0.3) is 0 Å². The van der Waals surface area contributed by atoms with Crippen LogP contribution in [0.3, 0.4) is 0 Å². The second-order valence-electron chi connectivity index (χ2n) is 8.55. The minimum atomic E-state index is -0.970. The molecule has 0 spiro atoms. The van der Waals surface area contributed by atoms with E-state index in [1.54, 1.807) is 30.5 Å². The van der Waals surface area contributed by atoms with Crippen LogP contribution in [-0.4, -0.2) is 37.0 Å². The largest absolute Gasteiger partial charge is 0.478 e. The summed E-state index contributed by atoms with van der Waals surface area (Å²) in [6.07, 6.45) is 8.60. The molecule has 2 aromatic heterocycles. The lowest BCUT2D eigenvalue weighted by Crippen LogP contribution is -2.24. The van der Waals surface area contributed by atoms with E-state index in [0.29, 0.717) is 23.7 Å². The van der Waals surface area contributed by atoms with Crippen LogP contribution in [0, 0.1) is 11.8 Å². The van der Waals surface area contributed by atoms with E-state index in [2.05, 4.69) is 27.1 Å². The number of carboxylic acid groups (broad SMARTS) is 1. The van der Waals surface area contributed by atoms with Crippen molar-refractivity contribution in [1.82, 2.24) is 20.2 Å². The Labute approximate surface area is 187 Å². The molecule has 0 bridgehead atoms. The summed E-state index contributed by atoms with van der Waals surface area (Å²) in [5, 5.41) is 16.4. The molecule has 0 amide bonds. The topological polar surface area (TPSA) is 109 Å². The monoisotopic (exact) mass is 432 g/mol. The van der Waals surface area contributed by atoms with Crippen molar-refractivity contribution < 1.29 is 14.7 Å². The van der Waals surface area contributed by atoms with Crippen LogP contribution < -0.4 is 0 Å². The van der Waals surface area contributed by atoms with Gasteiger partial charge >= 0.3 is 5.97 Å². The Hall–Kier alpha value is -3.35. The highest BCUT2D eigenvalue weighted by molar-refractivity contribution is 5.96. The SMILES string of the molecule is CCCC1CCCC(C(=O)c2n[nH]c(Cc3ccc(-c4ccccc4C(=O)O)cn3)n2)C1. The van der Waals surface area contributed by atoms with Gasteiger partial charge in [0, 0.05) is 29.8 Å². The molecule has 1 saturated carbocycles. The van der Waals surface area contributed by atoms with Gasteiger partial charge in [-0.15, -0.1) is 0 Å². The summed E-state index contributed by atoms with van der Waals surface area (Å²) in [5.74, 6) is 0.602. The number of aromatic carboxylic acids is 1. The number of nitrogens with zero attached hydrogens (tertiary/aromatic N) is 3. The van der Waals surface area contributed by atoms with Crippen molar-refractivity contribution >= 4 is 11.8 Å². The van der Waals surface area contributed by atoms with Crippen molar-refractivity contribution in [2.45, 2.75) is 51.9 Å². The second-order valence-corrected chi connectivity index (χ2v) is 8.55. The fourth-order valence-corrected chi connectivity index (χ4v) is 4.65. The lowest BCUT2D eigenvalue weighted by Gasteiger charge is -2.27. The van der Waals surface area contributed by atoms with E-state index in [1.807, 2.05) is 12.1 Å². The van der Waals surface area contributed by atoms with Crippen molar-refractivity contribution in [1.29, 1.82) is 0 Å². The van der Waals surface area contributed by atoms with Crippen LogP contribution in [0.25, 0.3) is 11.1 Å². The molecule has 2 N–H and O–H groups in total. The molecule has 1 aliphatic rings. The predicted octanol–water partition coefficient (Wildman–Crippen LogP) is 4.94. The Morgan fingerprint density at radius 2 is 2.00 bits per heavy atom. The van der Waals surface area contributed by atoms with Crippen LogP contribution >= 0.6 is 0 Å². The number of H-pyrrole nitrogens is 1. The molecule has 166 valence electrons. The first-order chi connectivity index (χ1) is 15.5. The molecule has 1 aliphatic carbocycles. The normalized spacial score (nSPS) is 18.4. The van der Waals surface area contributed by atoms with E-state index < -0.39 is 5.97 Å². The van der Waals surface area contributed by atoms with Crippen LogP contribution in [0.4, 0.5) is 0 Å². The van der Waals surface area contributed by atoms with Gasteiger partial charge in [-0.1, -0.05) is 56.9 Å². The number of carbonyl (C=O) groups is 2. The Morgan fingerprint density at radius 3 is 2.75 bits per heavy atom. The number of aromatic amines is 1. The Bertz CT molecular complexity index is 1090. The molecule has 0 saturated heterocycles. The van der Waals surface area contributed by atoms with Crippen LogP contribution in [0.5, 0.6) is 0 Å². The van der Waals surface area contributed by atoms with Gasteiger partial charge in [-0.05, 0) is 36.5 Å². The third-order valence-corrected chi connectivity index (χ3v) is 6.24. The molecule has 7 nitrogen and oxygen atoms in total. The van der Waals surface area contributed by atoms with E-state index in [1.165, 1.54) is 12.8 Å². The lowest BCUT2D eigenvalue weighted by atomic mass is 9.77. The zero-order chi connectivity index (χ0) is 22.5. The van der Waals surface area contributed by atoms with Crippen molar-refractivity contribution in [2.75, 3.05) is 0 Å². The van der Waals surface area contributed by atoms with Crippen molar-refractivity contribution in [3.05, 3.63) is 65.5 Å². The van der Waals surface area contributed by atoms with Crippen LogP contribution in [0.2, 0.25) is 0 Å². The van der Waals surface area contributed by atoms with Gasteiger partial charge in [-0.2, -0.15) is 5.10 Å². The smallest absolute Gasteiger partial charge is 0.336 e. The minimum absolute atomic E-state index is 0.0238. The molecule has 32 heavy (non-hydrogen) atoms. The zero-order valence-electron chi connectivity index (χ0n) is 18.3. The minimum Gasteiger partial charge on any atom is -0.478 e. The van der Waals surface area contributed by atoms with Gasteiger partial charge < -0.3 is 5.11 Å². The Kier molecular flexibility index (Phi) is 6.73. The van der Waals surface area contributed by atoms with E-state index in [-0.39, 0.29) is 23.1 Å². The van der Waals surface area contributed by atoms with E-state index in [0.717, 1.165) is 36.9 Å². The summed E-state index contributed by atoms with van der Waals surface area (Å²) in [5.41, 5.74) is 2.36. The third kappa shape index (κ3) is 4.93. The maximum absolute atomic E-state index is 12.9. The number of ketones is 1. The van der Waals surface area contributed by atoms with Gasteiger partial charge in [-0.3, -0.25) is 14.9 Å². The van der Waals surface area contributed by atoms with Crippen LogP contribution in [-0.2, 0) is 6.42 Å². The van der Waals surface area contributed by atoms with Gasteiger partial charge in [0.2, 0.25) is 11.6 Å². The average Bonchev–Trinajstić information content (AvgIpc) is 3.28. The number of benzene rings is 1. The summed E-state index contributed by atoms with van der Waals surface area (Å²) < 4.78 is 0. The van der Waals surface area contributed by atoms with Crippen LogP contribution in [0.1, 0.15) is 77.9 Å². The number of aromatic nitrogens is 4. The second kappa shape index (κ2) is 9.85. The fraction of sp³-hybridized carbons (Fsp3) is 0.400. The molecule has 0 radical (unpaired) electrons. The molecule has 7 heteroatoms. The van der Waals surface area contributed by atoms with Gasteiger partial charge in [0.1, 0.15) is 5.82 Å². The molecule has 2 unspecified atom stereocenters. The number of hydrogen-bond acceptors (Lipinski definition) is 5. The van der Waals surface area contributed by atoms with Gasteiger partial charge in [0.05, 0.1) is 5.56 Å². The maximum Gasteiger partial charge on any atom is 0.336 e.